The summed E-state index contributed by atoms with van der Waals surface area (Å²) < 4.78 is 0. The van der Waals surface area contributed by atoms with Gasteiger partial charge >= 0.3 is 0 Å². The smallest absolute Gasteiger partial charge is 0.151 e. The van der Waals surface area contributed by atoms with Gasteiger partial charge in [-0.15, -0.1) is 0 Å². The second-order valence-electron chi connectivity index (χ2n) is 4.04. The lowest BCUT2D eigenvalue weighted by atomic mass is 10.1. The Morgan fingerprint density at radius 2 is 1.21 bits per heavy atom. The summed E-state index contributed by atoms with van der Waals surface area (Å²) in [5.74, 6) is 0. The Morgan fingerprint density at radius 3 is 1.47 bits per heavy atom. The van der Waals surface area contributed by atoms with Crippen molar-refractivity contribution in [2.45, 2.75) is 19.1 Å². The van der Waals surface area contributed by atoms with Crippen LogP contribution in [0.2, 0.25) is 0 Å². The van der Waals surface area contributed by atoms with Crippen molar-refractivity contribution in [1.82, 2.24) is 0 Å². The second-order valence-corrected chi connectivity index (χ2v) is 4.84. The van der Waals surface area contributed by atoms with Crippen molar-refractivity contribution < 1.29 is 10.2 Å². The van der Waals surface area contributed by atoms with Crippen molar-refractivity contribution in [3.8, 4) is 11.1 Å². The van der Waals surface area contributed by atoms with E-state index in [0.717, 1.165) is 11.8 Å². The van der Waals surface area contributed by atoms with E-state index in [4.69, 9.17) is 10.2 Å². The first-order valence-electron chi connectivity index (χ1n) is 6.26. The van der Waals surface area contributed by atoms with Gasteiger partial charge < -0.3 is 10.2 Å². The number of hydrogen-bond acceptors (Lipinski definition) is 2. The van der Waals surface area contributed by atoms with E-state index < -0.39 is 6.29 Å². The number of aliphatic hydroxyl groups is 2. The molecule has 3 heteroatoms. The fourth-order valence-corrected chi connectivity index (χ4v) is 1.84. The summed E-state index contributed by atoms with van der Waals surface area (Å²) >= 11 is 3.16. The van der Waals surface area contributed by atoms with Crippen LogP contribution in [0, 0.1) is 0 Å². The summed E-state index contributed by atoms with van der Waals surface area (Å²) in [6, 6.07) is 20.8. The second kappa shape index (κ2) is 9.73. The summed E-state index contributed by atoms with van der Waals surface area (Å²) in [6.45, 7) is 0. The maximum atomic E-state index is 8.22. The first-order chi connectivity index (χ1) is 9.24. The molecule has 0 aliphatic carbocycles. The predicted molar refractivity (Wildman–Crippen MR) is 83.1 cm³/mol. The molecule has 0 spiro atoms. The lowest BCUT2D eigenvalue weighted by molar-refractivity contribution is -0.0451. The third-order valence-electron chi connectivity index (χ3n) is 2.48. The number of aliphatic hydroxyl groups excluding tert-OH is 1. The van der Waals surface area contributed by atoms with E-state index in [1.165, 1.54) is 11.1 Å². The standard InChI is InChI=1S/C12H10.C4H9BrO2/c1-3-7-11(8-4-1)12-9-5-2-6-10-12;5-3-1-2-4(6)7/h1-10H;4,6-7H,1-3H2. The lowest BCUT2D eigenvalue weighted by Crippen LogP contribution is -2.02. The molecule has 2 aromatic rings. The van der Waals surface area contributed by atoms with E-state index in [1.807, 2.05) is 12.1 Å². The van der Waals surface area contributed by atoms with E-state index in [-0.39, 0.29) is 0 Å². The molecule has 0 aliphatic rings. The molecule has 102 valence electrons. The quantitative estimate of drug-likeness (QED) is 0.663. The van der Waals surface area contributed by atoms with E-state index in [1.54, 1.807) is 0 Å². The van der Waals surface area contributed by atoms with Gasteiger partial charge in [-0.1, -0.05) is 76.6 Å². The Morgan fingerprint density at radius 1 is 0.789 bits per heavy atom. The molecule has 0 saturated heterocycles. The highest BCUT2D eigenvalue weighted by Crippen LogP contribution is 2.17. The summed E-state index contributed by atoms with van der Waals surface area (Å²) in [4.78, 5) is 0. The molecular weight excluding hydrogens is 304 g/mol. The SMILES string of the molecule is OC(O)CCCBr.c1ccc(-c2ccccc2)cc1. The molecule has 2 nitrogen and oxygen atoms in total. The zero-order chi connectivity index (χ0) is 13.9. The summed E-state index contributed by atoms with van der Waals surface area (Å²) in [5, 5.41) is 17.3. The van der Waals surface area contributed by atoms with Crippen LogP contribution in [0.3, 0.4) is 0 Å². The number of hydrogen-bond donors (Lipinski definition) is 2. The first-order valence-corrected chi connectivity index (χ1v) is 7.38. The van der Waals surface area contributed by atoms with Crippen LogP contribution < -0.4 is 0 Å². The maximum absolute atomic E-state index is 8.22. The lowest BCUT2D eigenvalue weighted by Gasteiger charge is -1.98. The van der Waals surface area contributed by atoms with Crippen molar-refractivity contribution in [2.75, 3.05) is 5.33 Å². The van der Waals surface area contributed by atoms with Gasteiger partial charge in [0.15, 0.2) is 6.29 Å². The van der Waals surface area contributed by atoms with E-state index in [2.05, 4.69) is 64.5 Å². The van der Waals surface area contributed by atoms with Crippen molar-refractivity contribution in [3.05, 3.63) is 60.7 Å². The van der Waals surface area contributed by atoms with Crippen LogP contribution in [0.5, 0.6) is 0 Å². The highest BCUT2D eigenvalue weighted by molar-refractivity contribution is 9.09. The zero-order valence-electron chi connectivity index (χ0n) is 10.7. The van der Waals surface area contributed by atoms with Crippen LogP contribution in [0.1, 0.15) is 12.8 Å². The van der Waals surface area contributed by atoms with Gasteiger partial charge in [0.05, 0.1) is 0 Å². The Bertz CT molecular complexity index is 392. The first kappa shape index (κ1) is 15.9. The van der Waals surface area contributed by atoms with Gasteiger partial charge in [-0.25, -0.2) is 0 Å². The minimum atomic E-state index is -1.13. The van der Waals surface area contributed by atoms with Crippen LogP contribution in [0.25, 0.3) is 11.1 Å². The fourth-order valence-electron chi connectivity index (χ4n) is 1.52. The van der Waals surface area contributed by atoms with Crippen LogP contribution in [0.15, 0.2) is 60.7 Å². The van der Waals surface area contributed by atoms with Crippen molar-refractivity contribution >= 4 is 15.9 Å². The Balaban J connectivity index is 0.000000224. The van der Waals surface area contributed by atoms with Crippen LogP contribution >= 0.6 is 15.9 Å². The molecule has 0 bridgehead atoms. The minimum Gasteiger partial charge on any atom is -0.368 e. The Hall–Kier alpha value is -1.16. The highest BCUT2D eigenvalue weighted by atomic mass is 79.9. The largest absolute Gasteiger partial charge is 0.368 e. The van der Waals surface area contributed by atoms with E-state index in [0.29, 0.717) is 6.42 Å². The molecule has 19 heavy (non-hydrogen) atoms. The third-order valence-corrected chi connectivity index (χ3v) is 3.04. The van der Waals surface area contributed by atoms with Crippen molar-refractivity contribution in [3.63, 3.8) is 0 Å². The normalized spacial score (nSPS) is 9.89. The highest BCUT2D eigenvalue weighted by Gasteiger charge is 1.93. The molecule has 2 aromatic carbocycles. The third kappa shape index (κ3) is 7.11. The molecule has 0 atom stereocenters. The minimum absolute atomic E-state index is 0.464. The van der Waals surface area contributed by atoms with Crippen LogP contribution in [-0.4, -0.2) is 21.8 Å². The van der Waals surface area contributed by atoms with E-state index in [9.17, 15) is 0 Å². The predicted octanol–water partition coefficient (Wildman–Crippen LogP) is 3.83. The average Bonchev–Trinajstić information content (AvgIpc) is 2.47. The monoisotopic (exact) mass is 322 g/mol. The average molecular weight is 323 g/mol. The van der Waals surface area contributed by atoms with Gasteiger partial charge in [-0.3, -0.25) is 0 Å². The van der Waals surface area contributed by atoms with Gasteiger partial charge in [-0.2, -0.15) is 0 Å². The molecule has 0 heterocycles. The summed E-state index contributed by atoms with van der Waals surface area (Å²) in [6.07, 6.45) is 0.153. The zero-order valence-corrected chi connectivity index (χ0v) is 12.3. The van der Waals surface area contributed by atoms with Gasteiger partial charge in [0.2, 0.25) is 0 Å². The molecule has 0 aromatic heterocycles. The van der Waals surface area contributed by atoms with Gasteiger partial charge in [-0.05, 0) is 24.0 Å². The van der Waals surface area contributed by atoms with Crippen molar-refractivity contribution in [2.24, 2.45) is 0 Å². The number of rotatable bonds is 4. The maximum Gasteiger partial charge on any atom is 0.151 e. The fraction of sp³-hybridized carbons (Fsp3) is 0.250. The van der Waals surface area contributed by atoms with Gasteiger partial charge in [0, 0.05) is 5.33 Å². The van der Waals surface area contributed by atoms with Crippen molar-refractivity contribution in [1.29, 1.82) is 0 Å². The molecule has 2 N–H and O–H groups in total. The van der Waals surface area contributed by atoms with Crippen LogP contribution in [0.4, 0.5) is 0 Å². The van der Waals surface area contributed by atoms with Gasteiger partial charge in [0.1, 0.15) is 0 Å². The molecule has 2 rings (SSSR count). The number of benzene rings is 2. The molecule has 0 radical (unpaired) electrons. The Labute approximate surface area is 122 Å². The molecule has 0 unspecified atom stereocenters. The van der Waals surface area contributed by atoms with E-state index >= 15 is 0 Å². The van der Waals surface area contributed by atoms with Gasteiger partial charge in [0.25, 0.3) is 0 Å². The summed E-state index contributed by atoms with van der Waals surface area (Å²) in [5.41, 5.74) is 2.55. The molecule has 0 saturated carbocycles. The molecule has 0 fully saturated rings. The topological polar surface area (TPSA) is 40.5 Å². The molecule has 0 aliphatic heterocycles. The molecular formula is C16H19BrO2. The van der Waals surface area contributed by atoms with Crippen LogP contribution in [-0.2, 0) is 0 Å². The molecule has 0 amide bonds. The summed E-state index contributed by atoms with van der Waals surface area (Å²) in [7, 11) is 0. The number of alkyl halides is 1. The Kier molecular flexibility index (Phi) is 8.14. The number of halogens is 1.